The van der Waals surface area contributed by atoms with Crippen LogP contribution in [0.15, 0.2) is 34.8 Å². The Morgan fingerprint density at radius 3 is 2.50 bits per heavy atom. The van der Waals surface area contributed by atoms with Gasteiger partial charge in [-0.15, -0.1) is 0 Å². The van der Waals surface area contributed by atoms with Gasteiger partial charge in [0.1, 0.15) is 5.75 Å². The maximum atomic E-state index is 13.7. The monoisotopic (exact) mass is 312 g/mol. The second kappa shape index (κ2) is 4.86. The summed E-state index contributed by atoms with van der Waals surface area (Å²) < 4.78 is 27.2. The molecule has 5 heteroatoms. The third kappa shape index (κ3) is 2.13. The Morgan fingerprint density at radius 1 is 1.11 bits per heavy atom. The number of rotatable bonds is 2. The van der Waals surface area contributed by atoms with Crippen molar-refractivity contribution in [3.63, 3.8) is 0 Å². The molecule has 0 saturated heterocycles. The van der Waals surface area contributed by atoms with Crippen LogP contribution in [0.3, 0.4) is 0 Å². The van der Waals surface area contributed by atoms with Crippen molar-refractivity contribution in [1.82, 2.24) is 0 Å². The van der Waals surface area contributed by atoms with Gasteiger partial charge in [-0.1, -0.05) is 12.1 Å². The van der Waals surface area contributed by atoms with Gasteiger partial charge < -0.3 is 5.11 Å². The maximum absolute atomic E-state index is 13.7. The second-order valence-corrected chi connectivity index (χ2v) is 4.47. The number of aldehydes is 1. The standard InChI is InChI=1S/C13H7BrF2O2/c14-10-3-2-9(12(15)13(10)16)7-1-4-11(18)8(5-7)6-17/h1-6,18H. The molecule has 18 heavy (non-hydrogen) atoms. The molecule has 2 aromatic carbocycles. The topological polar surface area (TPSA) is 37.3 Å². The van der Waals surface area contributed by atoms with E-state index < -0.39 is 11.6 Å². The van der Waals surface area contributed by atoms with E-state index in [0.717, 1.165) is 0 Å². The van der Waals surface area contributed by atoms with Gasteiger partial charge in [0, 0.05) is 5.56 Å². The number of carbonyl (C=O) groups excluding carboxylic acids is 1. The van der Waals surface area contributed by atoms with Gasteiger partial charge in [0.2, 0.25) is 0 Å². The Labute approximate surface area is 110 Å². The zero-order valence-corrected chi connectivity index (χ0v) is 10.5. The number of carbonyl (C=O) groups is 1. The highest BCUT2D eigenvalue weighted by molar-refractivity contribution is 9.10. The highest BCUT2D eigenvalue weighted by atomic mass is 79.9. The van der Waals surface area contributed by atoms with E-state index in [0.29, 0.717) is 11.8 Å². The molecule has 2 nitrogen and oxygen atoms in total. The predicted octanol–water partition coefficient (Wildman–Crippen LogP) is 3.91. The molecule has 0 aliphatic carbocycles. The van der Waals surface area contributed by atoms with Crippen molar-refractivity contribution in [3.05, 3.63) is 52.0 Å². The molecule has 0 fully saturated rings. The molecule has 0 aromatic heterocycles. The van der Waals surface area contributed by atoms with E-state index in [-0.39, 0.29) is 21.3 Å². The molecule has 0 spiro atoms. The molecule has 0 aliphatic heterocycles. The fourth-order valence-electron chi connectivity index (χ4n) is 1.57. The van der Waals surface area contributed by atoms with E-state index >= 15 is 0 Å². The number of halogens is 3. The first-order valence-electron chi connectivity index (χ1n) is 4.96. The Morgan fingerprint density at radius 2 is 1.83 bits per heavy atom. The lowest BCUT2D eigenvalue weighted by atomic mass is 10.0. The minimum absolute atomic E-state index is 0.0234. The molecule has 0 atom stereocenters. The van der Waals surface area contributed by atoms with Gasteiger partial charge in [0.15, 0.2) is 17.9 Å². The van der Waals surface area contributed by atoms with E-state index in [2.05, 4.69) is 15.9 Å². The fraction of sp³-hybridized carbons (Fsp3) is 0. The second-order valence-electron chi connectivity index (χ2n) is 3.61. The number of aromatic hydroxyl groups is 1. The minimum Gasteiger partial charge on any atom is -0.507 e. The van der Waals surface area contributed by atoms with Gasteiger partial charge in [-0.2, -0.15) is 0 Å². The first-order valence-corrected chi connectivity index (χ1v) is 5.76. The third-order valence-electron chi connectivity index (χ3n) is 2.50. The lowest BCUT2D eigenvalue weighted by Crippen LogP contribution is -1.92. The lowest BCUT2D eigenvalue weighted by molar-refractivity contribution is 0.112. The van der Waals surface area contributed by atoms with Crippen LogP contribution in [0.5, 0.6) is 5.75 Å². The summed E-state index contributed by atoms with van der Waals surface area (Å²) in [6, 6.07) is 6.74. The first-order chi connectivity index (χ1) is 8.54. The highest BCUT2D eigenvalue weighted by Gasteiger charge is 2.14. The average Bonchev–Trinajstić information content (AvgIpc) is 2.37. The summed E-state index contributed by atoms with van der Waals surface area (Å²) in [6.45, 7) is 0. The highest BCUT2D eigenvalue weighted by Crippen LogP contribution is 2.30. The SMILES string of the molecule is O=Cc1cc(-c2ccc(Br)c(F)c2F)ccc1O. The van der Waals surface area contributed by atoms with E-state index in [4.69, 9.17) is 0 Å². The van der Waals surface area contributed by atoms with Crippen molar-refractivity contribution in [2.45, 2.75) is 0 Å². The number of hydrogen-bond donors (Lipinski definition) is 1. The molecule has 0 amide bonds. The van der Waals surface area contributed by atoms with E-state index in [9.17, 15) is 18.7 Å². The molecule has 0 aliphatic rings. The molecule has 2 aromatic rings. The maximum Gasteiger partial charge on any atom is 0.173 e. The van der Waals surface area contributed by atoms with Crippen molar-refractivity contribution in [1.29, 1.82) is 0 Å². The van der Waals surface area contributed by atoms with Crippen molar-refractivity contribution < 1.29 is 18.7 Å². The van der Waals surface area contributed by atoms with Gasteiger partial charge in [-0.05, 0) is 39.7 Å². The summed E-state index contributed by atoms with van der Waals surface area (Å²) in [6.07, 6.45) is 0.450. The van der Waals surface area contributed by atoms with Crippen LogP contribution in [0.2, 0.25) is 0 Å². The molecular weight excluding hydrogens is 306 g/mol. The Bertz CT molecular complexity index is 627. The number of benzene rings is 2. The molecule has 2 rings (SSSR count). The van der Waals surface area contributed by atoms with Crippen LogP contribution in [-0.4, -0.2) is 11.4 Å². The van der Waals surface area contributed by atoms with Crippen LogP contribution in [0.25, 0.3) is 11.1 Å². The number of phenols is 1. The quantitative estimate of drug-likeness (QED) is 0.674. The molecule has 0 unspecified atom stereocenters. The lowest BCUT2D eigenvalue weighted by Gasteiger charge is -2.07. The molecular formula is C13H7BrF2O2. The van der Waals surface area contributed by atoms with Gasteiger partial charge in [-0.25, -0.2) is 8.78 Å². The normalized spacial score (nSPS) is 10.4. The van der Waals surface area contributed by atoms with E-state index in [1.54, 1.807) is 0 Å². The molecule has 1 N–H and O–H groups in total. The summed E-state index contributed by atoms with van der Waals surface area (Å²) in [4.78, 5) is 10.7. The van der Waals surface area contributed by atoms with Crippen molar-refractivity contribution >= 4 is 22.2 Å². The van der Waals surface area contributed by atoms with Crippen LogP contribution in [-0.2, 0) is 0 Å². The van der Waals surface area contributed by atoms with Gasteiger partial charge in [0.25, 0.3) is 0 Å². The van der Waals surface area contributed by atoms with Gasteiger partial charge in [-0.3, -0.25) is 4.79 Å². The van der Waals surface area contributed by atoms with Crippen LogP contribution in [0, 0.1) is 11.6 Å². The average molecular weight is 313 g/mol. The van der Waals surface area contributed by atoms with Crippen molar-refractivity contribution in [3.8, 4) is 16.9 Å². The molecule has 0 bridgehead atoms. The molecule has 0 saturated carbocycles. The molecule has 0 heterocycles. The van der Waals surface area contributed by atoms with E-state index in [1.165, 1.54) is 30.3 Å². The van der Waals surface area contributed by atoms with Gasteiger partial charge in [0.05, 0.1) is 10.0 Å². The summed E-state index contributed by atoms with van der Waals surface area (Å²) in [7, 11) is 0. The zero-order valence-electron chi connectivity index (χ0n) is 8.95. The summed E-state index contributed by atoms with van der Waals surface area (Å²) in [5.74, 6) is -2.20. The summed E-state index contributed by atoms with van der Waals surface area (Å²) in [5, 5.41) is 9.34. The van der Waals surface area contributed by atoms with E-state index in [1.807, 2.05) is 0 Å². The first kappa shape index (κ1) is 12.7. The summed E-state index contributed by atoms with van der Waals surface area (Å²) in [5.41, 5.74) is 0.368. The van der Waals surface area contributed by atoms with Crippen LogP contribution in [0.1, 0.15) is 10.4 Å². The van der Waals surface area contributed by atoms with Gasteiger partial charge >= 0.3 is 0 Å². The number of hydrogen-bond acceptors (Lipinski definition) is 2. The molecule has 92 valence electrons. The number of phenolic OH excluding ortho intramolecular Hbond substituents is 1. The van der Waals surface area contributed by atoms with Crippen LogP contribution >= 0.6 is 15.9 Å². The third-order valence-corrected chi connectivity index (χ3v) is 3.11. The Hall–Kier alpha value is -1.75. The van der Waals surface area contributed by atoms with Crippen LogP contribution in [0.4, 0.5) is 8.78 Å². The Kier molecular flexibility index (Phi) is 3.43. The van der Waals surface area contributed by atoms with Crippen molar-refractivity contribution in [2.24, 2.45) is 0 Å². The summed E-state index contributed by atoms with van der Waals surface area (Å²) >= 11 is 2.88. The fourth-order valence-corrected chi connectivity index (χ4v) is 1.87. The minimum atomic E-state index is -1.01. The zero-order chi connectivity index (χ0) is 13.3. The smallest absolute Gasteiger partial charge is 0.173 e. The largest absolute Gasteiger partial charge is 0.507 e. The molecule has 0 radical (unpaired) electrons. The van der Waals surface area contributed by atoms with Crippen molar-refractivity contribution in [2.75, 3.05) is 0 Å². The predicted molar refractivity (Wildman–Crippen MR) is 66.5 cm³/mol. The van der Waals surface area contributed by atoms with Crippen LogP contribution < -0.4 is 0 Å². The Balaban J connectivity index is 2.62.